The quantitative estimate of drug-likeness (QED) is 0.889. The lowest BCUT2D eigenvalue weighted by molar-refractivity contribution is 0.0928. The molecule has 0 saturated carbocycles. The maximum Gasteiger partial charge on any atom is 0.269 e. The van der Waals surface area contributed by atoms with E-state index in [-0.39, 0.29) is 11.9 Å². The van der Waals surface area contributed by atoms with Crippen LogP contribution in [0, 0.1) is 5.82 Å². The van der Waals surface area contributed by atoms with Crippen molar-refractivity contribution in [1.29, 1.82) is 0 Å². The van der Waals surface area contributed by atoms with Crippen LogP contribution in [0.1, 0.15) is 37.7 Å². The molecule has 1 aromatic carbocycles. The average Bonchev–Trinajstić information content (AvgIpc) is 2.98. The Balaban J connectivity index is 2.37. The molecule has 0 aliphatic heterocycles. The van der Waals surface area contributed by atoms with Gasteiger partial charge in [-0.05, 0) is 38.5 Å². The van der Waals surface area contributed by atoms with Crippen LogP contribution in [0.25, 0.3) is 11.3 Å². The summed E-state index contributed by atoms with van der Waals surface area (Å²) in [5.74, 6) is -0.191. The first-order valence-electron chi connectivity index (χ1n) is 7.72. The number of nitrogens with one attached hydrogen (secondary N) is 1. The lowest BCUT2D eigenvalue weighted by Gasteiger charge is -2.11. The number of aromatic nitrogens is 2. The number of hydrogen-bond donors (Lipinski definition) is 1. The van der Waals surface area contributed by atoms with Gasteiger partial charge in [0.15, 0.2) is 0 Å². The molecule has 0 aliphatic carbocycles. The first kappa shape index (κ1) is 17.0. The average molecular weight is 319 g/mol. The summed E-state index contributed by atoms with van der Waals surface area (Å²) >= 11 is 0. The zero-order chi connectivity index (χ0) is 17.0. The summed E-state index contributed by atoms with van der Waals surface area (Å²) in [7, 11) is 1.48. The highest BCUT2D eigenvalue weighted by molar-refractivity contribution is 5.93. The van der Waals surface area contributed by atoms with Crippen LogP contribution >= 0.6 is 0 Å². The van der Waals surface area contributed by atoms with E-state index in [1.165, 1.54) is 13.2 Å². The fraction of sp³-hybridized carbons (Fsp3) is 0.412. The van der Waals surface area contributed by atoms with Crippen molar-refractivity contribution in [1.82, 2.24) is 15.1 Å². The van der Waals surface area contributed by atoms with E-state index in [1.807, 2.05) is 20.8 Å². The van der Waals surface area contributed by atoms with Crippen molar-refractivity contribution in [3.05, 3.63) is 35.8 Å². The number of benzene rings is 1. The molecule has 5 nitrogen and oxygen atoms in total. The molecule has 0 fully saturated rings. The number of nitrogens with zero attached hydrogens (tertiary/aromatic N) is 2. The van der Waals surface area contributed by atoms with Crippen molar-refractivity contribution >= 4 is 5.91 Å². The molecule has 2 aromatic rings. The third-order valence-corrected chi connectivity index (χ3v) is 3.75. The highest BCUT2D eigenvalue weighted by atomic mass is 19.1. The molecule has 0 saturated heterocycles. The van der Waals surface area contributed by atoms with E-state index in [0.717, 1.165) is 6.42 Å². The number of ether oxygens (including phenoxy) is 1. The molecule has 2 rings (SSSR count). The van der Waals surface area contributed by atoms with Gasteiger partial charge >= 0.3 is 0 Å². The van der Waals surface area contributed by atoms with Crippen LogP contribution in [0.3, 0.4) is 0 Å². The van der Waals surface area contributed by atoms with Gasteiger partial charge in [-0.25, -0.2) is 4.39 Å². The Morgan fingerprint density at radius 3 is 2.70 bits per heavy atom. The first-order valence-corrected chi connectivity index (χ1v) is 7.72. The fourth-order valence-electron chi connectivity index (χ4n) is 2.20. The molecule has 0 spiro atoms. The Bertz CT molecular complexity index is 697. The molecule has 124 valence electrons. The summed E-state index contributed by atoms with van der Waals surface area (Å²) in [6, 6.07) is 6.27. The number of carbonyl (C=O) groups is 1. The fourth-order valence-corrected chi connectivity index (χ4v) is 2.20. The SMILES string of the molecule is CC[C@H](C)NC(=O)c1cc(-c2ccc(OC)cc2F)nn1CC. The van der Waals surface area contributed by atoms with Gasteiger partial charge in [-0.3, -0.25) is 9.48 Å². The van der Waals surface area contributed by atoms with E-state index in [9.17, 15) is 9.18 Å². The smallest absolute Gasteiger partial charge is 0.269 e. The number of amides is 1. The third-order valence-electron chi connectivity index (χ3n) is 3.75. The van der Waals surface area contributed by atoms with Gasteiger partial charge in [-0.1, -0.05) is 6.92 Å². The van der Waals surface area contributed by atoms with E-state index < -0.39 is 5.82 Å². The number of hydrogen-bond acceptors (Lipinski definition) is 3. The van der Waals surface area contributed by atoms with Gasteiger partial charge in [0.05, 0.1) is 12.8 Å². The van der Waals surface area contributed by atoms with E-state index >= 15 is 0 Å². The number of aryl methyl sites for hydroxylation is 1. The normalized spacial score (nSPS) is 12.0. The molecule has 1 aromatic heterocycles. The molecule has 1 atom stereocenters. The Morgan fingerprint density at radius 1 is 1.39 bits per heavy atom. The zero-order valence-corrected chi connectivity index (χ0v) is 13.9. The van der Waals surface area contributed by atoms with Crippen LogP contribution in [0.4, 0.5) is 4.39 Å². The highest BCUT2D eigenvalue weighted by Crippen LogP contribution is 2.26. The van der Waals surface area contributed by atoms with Crippen LogP contribution in [-0.2, 0) is 6.54 Å². The van der Waals surface area contributed by atoms with E-state index in [0.29, 0.717) is 29.2 Å². The van der Waals surface area contributed by atoms with E-state index in [2.05, 4.69) is 10.4 Å². The van der Waals surface area contributed by atoms with Crippen LogP contribution in [0.15, 0.2) is 24.3 Å². The van der Waals surface area contributed by atoms with Crippen LogP contribution < -0.4 is 10.1 Å². The molecule has 0 aliphatic rings. The molecule has 1 N–H and O–H groups in total. The van der Waals surface area contributed by atoms with Crippen molar-refractivity contribution in [3.8, 4) is 17.0 Å². The number of halogens is 1. The predicted molar refractivity (Wildman–Crippen MR) is 87.1 cm³/mol. The number of rotatable bonds is 6. The number of carbonyl (C=O) groups excluding carboxylic acids is 1. The maximum absolute atomic E-state index is 14.2. The molecule has 0 bridgehead atoms. The Hall–Kier alpha value is -2.37. The van der Waals surface area contributed by atoms with Gasteiger partial charge in [-0.15, -0.1) is 0 Å². The van der Waals surface area contributed by atoms with E-state index in [1.54, 1.807) is 22.9 Å². The van der Waals surface area contributed by atoms with Crippen molar-refractivity contribution in [3.63, 3.8) is 0 Å². The van der Waals surface area contributed by atoms with Crippen LogP contribution in [0.5, 0.6) is 5.75 Å². The second-order valence-corrected chi connectivity index (χ2v) is 5.36. The van der Waals surface area contributed by atoms with Gasteiger partial charge in [0.2, 0.25) is 0 Å². The lowest BCUT2D eigenvalue weighted by atomic mass is 10.1. The molecule has 0 radical (unpaired) electrons. The Kier molecular flexibility index (Phi) is 5.36. The summed E-state index contributed by atoms with van der Waals surface area (Å²) in [4.78, 5) is 12.3. The van der Waals surface area contributed by atoms with Crippen LogP contribution in [0.2, 0.25) is 0 Å². The standard InChI is InChI=1S/C17H22FN3O2/c1-5-11(3)19-17(22)16-10-15(20-21(16)6-2)13-8-7-12(23-4)9-14(13)18/h7-11H,5-6H2,1-4H3,(H,19,22)/t11-/m0/s1. The molecule has 1 heterocycles. The number of methoxy groups -OCH3 is 1. The molecular weight excluding hydrogens is 297 g/mol. The van der Waals surface area contributed by atoms with Gasteiger partial charge in [0, 0.05) is 24.2 Å². The molecule has 0 unspecified atom stereocenters. The van der Waals surface area contributed by atoms with Crippen molar-refractivity contribution in [2.75, 3.05) is 7.11 Å². The zero-order valence-electron chi connectivity index (χ0n) is 13.9. The Morgan fingerprint density at radius 2 is 2.13 bits per heavy atom. The first-order chi connectivity index (χ1) is 11.0. The molecular formula is C17H22FN3O2. The minimum Gasteiger partial charge on any atom is -0.497 e. The van der Waals surface area contributed by atoms with Gasteiger partial charge < -0.3 is 10.1 Å². The highest BCUT2D eigenvalue weighted by Gasteiger charge is 2.18. The van der Waals surface area contributed by atoms with Crippen LogP contribution in [-0.4, -0.2) is 28.8 Å². The third kappa shape index (κ3) is 3.70. The summed E-state index contributed by atoms with van der Waals surface area (Å²) in [5, 5.41) is 7.25. The lowest BCUT2D eigenvalue weighted by Crippen LogP contribution is -2.33. The predicted octanol–water partition coefficient (Wildman–Crippen LogP) is 3.25. The topological polar surface area (TPSA) is 56.1 Å². The summed E-state index contributed by atoms with van der Waals surface area (Å²) in [6.45, 7) is 6.36. The molecule has 6 heteroatoms. The van der Waals surface area contributed by atoms with Crippen molar-refractivity contribution in [2.24, 2.45) is 0 Å². The van der Waals surface area contributed by atoms with Gasteiger partial charge in [0.1, 0.15) is 17.3 Å². The maximum atomic E-state index is 14.2. The summed E-state index contributed by atoms with van der Waals surface area (Å²) < 4.78 is 20.8. The minimum atomic E-state index is -0.431. The van der Waals surface area contributed by atoms with E-state index in [4.69, 9.17) is 4.74 Å². The van der Waals surface area contributed by atoms with Crippen molar-refractivity contribution < 1.29 is 13.9 Å². The Labute approximate surface area is 135 Å². The van der Waals surface area contributed by atoms with Crippen molar-refractivity contribution in [2.45, 2.75) is 39.8 Å². The summed E-state index contributed by atoms with van der Waals surface area (Å²) in [5.41, 5.74) is 1.20. The molecule has 23 heavy (non-hydrogen) atoms. The minimum absolute atomic E-state index is 0.0730. The largest absolute Gasteiger partial charge is 0.497 e. The second-order valence-electron chi connectivity index (χ2n) is 5.36. The van der Waals surface area contributed by atoms with Gasteiger partial charge in [-0.2, -0.15) is 5.10 Å². The summed E-state index contributed by atoms with van der Waals surface area (Å²) in [6.07, 6.45) is 0.839. The monoisotopic (exact) mass is 319 g/mol. The second kappa shape index (κ2) is 7.26. The molecule has 1 amide bonds. The van der Waals surface area contributed by atoms with Gasteiger partial charge in [0.25, 0.3) is 5.91 Å².